The van der Waals surface area contributed by atoms with E-state index in [2.05, 4.69) is 65.0 Å². The highest BCUT2D eigenvalue weighted by molar-refractivity contribution is 5.26. The summed E-state index contributed by atoms with van der Waals surface area (Å²) < 4.78 is 0. The second-order valence-electron chi connectivity index (χ2n) is 7.75. The molecule has 1 aromatic carbocycles. The first kappa shape index (κ1) is 19.0. The molecule has 22 heavy (non-hydrogen) atoms. The Bertz CT molecular complexity index is 474. The van der Waals surface area contributed by atoms with Gasteiger partial charge >= 0.3 is 0 Å². The van der Waals surface area contributed by atoms with E-state index in [0.717, 1.165) is 0 Å². The number of rotatable bonds is 4. The highest BCUT2D eigenvalue weighted by atomic mass is 14.3. The second kappa shape index (κ2) is 7.99. The third kappa shape index (κ3) is 4.73. The van der Waals surface area contributed by atoms with E-state index in [-0.39, 0.29) is 5.41 Å². The van der Waals surface area contributed by atoms with E-state index in [0.29, 0.717) is 5.41 Å². The molecule has 0 nitrogen and oxygen atoms in total. The van der Waals surface area contributed by atoms with E-state index >= 15 is 0 Å². The van der Waals surface area contributed by atoms with Crippen LogP contribution in [0.25, 0.3) is 0 Å². The molecule has 1 aromatic rings. The van der Waals surface area contributed by atoms with E-state index < -0.39 is 0 Å². The molecule has 1 aliphatic rings. The average molecular weight is 301 g/mol. The molecular weight excluding hydrogens is 264 g/mol. The predicted molar refractivity (Wildman–Crippen MR) is 100 cm³/mol. The molecule has 0 heteroatoms. The van der Waals surface area contributed by atoms with Gasteiger partial charge in [0.2, 0.25) is 0 Å². The molecule has 0 heterocycles. The molecule has 0 saturated carbocycles. The molecule has 0 aliphatic heterocycles. The zero-order chi connectivity index (χ0) is 16.8. The maximum atomic E-state index is 2.43. The van der Waals surface area contributed by atoms with Gasteiger partial charge in [0.1, 0.15) is 0 Å². The van der Waals surface area contributed by atoms with Gasteiger partial charge in [0.25, 0.3) is 0 Å². The molecule has 2 rings (SSSR count). The molecule has 0 saturated heterocycles. The van der Waals surface area contributed by atoms with Crippen LogP contribution in [-0.2, 0) is 5.41 Å². The predicted octanol–water partition coefficient (Wildman–Crippen LogP) is 7.30. The molecule has 0 fully saturated rings. The number of hydrogen-bond donors (Lipinski definition) is 0. The Morgan fingerprint density at radius 3 is 2.18 bits per heavy atom. The largest absolute Gasteiger partial charge is 0.0736 e. The molecule has 0 unspecified atom stereocenters. The number of allylic oxidation sites excluding steroid dienone is 2. The first-order chi connectivity index (χ1) is 10.3. The lowest BCUT2D eigenvalue weighted by Gasteiger charge is -2.36. The van der Waals surface area contributed by atoms with Gasteiger partial charge in [-0.2, -0.15) is 0 Å². The average Bonchev–Trinajstić information content (AvgIpc) is 2.49. The lowest BCUT2D eigenvalue weighted by atomic mass is 9.69. The summed E-state index contributed by atoms with van der Waals surface area (Å²) in [6.45, 7) is 16.0. The van der Waals surface area contributed by atoms with Crippen LogP contribution >= 0.6 is 0 Å². The van der Waals surface area contributed by atoms with Crippen LogP contribution in [0.3, 0.4) is 0 Å². The summed E-state index contributed by atoms with van der Waals surface area (Å²) in [5.74, 6) is 0. The van der Waals surface area contributed by atoms with Crippen molar-refractivity contribution in [1.29, 1.82) is 0 Å². The van der Waals surface area contributed by atoms with Crippen molar-refractivity contribution in [2.75, 3.05) is 0 Å². The Kier molecular flexibility index (Phi) is 6.91. The lowest BCUT2D eigenvalue weighted by molar-refractivity contribution is 0.339. The van der Waals surface area contributed by atoms with E-state index in [1.165, 1.54) is 37.7 Å². The van der Waals surface area contributed by atoms with Gasteiger partial charge in [-0.1, -0.05) is 83.0 Å². The third-order valence-corrected chi connectivity index (χ3v) is 5.24. The molecular formula is C22H36. The van der Waals surface area contributed by atoms with Crippen molar-refractivity contribution in [3.8, 4) is 0 Å². The summed E-state index contributed by atoms with van der Waals surface area (Å²) in [5, 5.41) is 0. The van der Waals surface area contributed by atoms with Gasteiger partial charge in [0.15, 0.2) is 0 Å². The fraction of sp³-hybridized carbons (Fsp3) is 0.636. The summed E-state index contributed by atoms with van der Waals surface area (Å²) in [6, 6.07) is 11.0. The first-order valence-electron chi connectivity index (χ1n) is 9.07. The van der Waals surface area contributed by atoms with Gasteiger partial charge in [-0.15, -0.1) is 0 Å². The molecule has 0 bridgehead atoms. The molecule has 0 spiro atoms. The monoisotopic (exact) mass is 300 g/mol. The zero-order valence-corrected chi connectivity index (χ0v) is 15.9. The van der Waals surface area contributed by atoms with Crippen molar-refractivity contribution in [2.24, 2.45) is 5.41 Å². The minimum atomic E-state index is 0.266. The van der Waals surface area contributed by atoms with Gasteiger partial charge in [-0.25, -0.2) is 0 Å². The quantitative estimate of drug-likeness (QED) is 0.512. The maximum absolute atomic E-state index is 2.43. The van der Waals surface area contributed by atoms with Crippen molar-refractivity contribution < 1.29 is 0 Å². The van der Waals surface area contributed by atoms with Crippen LogP contribution in [0.1, 0.15) is 86.1 Å². The summed E-state index contributed by atoms with van der Waals surface area (Å²) in [7, 11) is 0. The van der Waals surface area contributed by atoms with Crippen LogP contribution in [-0.4, -0.2) is 0 Å². The first-order valence-corrected chi connectivity index (χ1v) is 9.07. The van der Waals surface area contributed by atoms with Crippen LogP contribution in [0.5, 0.6) is 0 Å². The fourth-order valence-electron chi connectivity index (χ4n) is 3.70. The van der Waals surface area contributed by atoms with E-state index in [9.17, 15) is 0 Å². The van der Waals surface area contributed by atoms with Crippen LogP contribution in [0.2, 0.25) is 0 Å². The van der Waals surface area contributed by atoms with Crippen molar-refractivity contribution in [1.82, 2.24) is 0 Å². The highest BCUT2D eigenvalue weighted by Gasteiger charge is 2.30. The summed E-state index contributed by atoms with van der Waals surface area (Å²) in [6.07, 6.45) is 6.52. The SMILES string of the molecule is CC.CC1=C(CCC(C)(C)c2ccccc2)C(C)(C)CCC1. The maximum Gasteiger partial charge on any atom is -0.0101 e. The summed E-state index contributed by atoms with van der Waals surface area (Å²) >= 11 is 0. The lowest BCUT2D eigenvalue weighted by Crippen LogP contribution is -2.23. The Balaban J connectivity index is 0.00000116. The number of benzene rings is 1. The van der Waals surface area contributed by atoms with Crippen LogP contribution in [0.4, 0.5) is 0 Å². The molecule has 0 radical (unpaired) electrons. The van der Waals surface area contributed by atoms with Crippen molar-refractivity contribution in [2.45, 2.75) is 86.0 Å². The van der Waals surface area contributed by atoms with Crippen molar-refractivity contribution in [3.05, 3.63) is 47.0 Å². The van der Waals surface area contributed by atoms with Crippen molar-refractivity contribution >= 4 is 0 Å². The van der Waals surface area contributed by atoms with E-state index in [1.807, 2.05) is 13.8 Å². The minimum Gasteiger partial charge on any atom is -0.0736 e. The van der Waals surface area contributed by atoms with E-state index in [4.69, 9.17) is 0 Å². The molecule has 1 aliphatic carbocycles. The molecule has 0 N–H and O–H groups in total. The Labute approximate surface area is 139 Å². The molecule has 0 aromatic heterocycles. The highest BCUT2D eigenvalue weighted by Crippen LogP contribution is 2.44. The summed E-state index contributed by atoms with van der Waals surface area (Å²) in [4.78, 5) is 0. The van der Waals surface area contributed by atoms with Gasteiger partial charge < -0.3 is 0 Å². The zero-order valence-electron chi connectivity index (χ0n) is 15.9. The van der Waals surface area contributed by atoms with Gasteiger partial charge in [-0.3, -0.25) is 0 Å². The normalized spacial score (nSPS) is 17.8. The second-order valence-corrected chi connectivity index (χ2v) is 7.75. The van der Waals surface area contributed by atoms with Gasteiger partial charge in [0, 0.05) is 0 Å². The van der Waals surface area contributed by atoms with Crippen LogP contribution in [0.15, 0.2) is 41.5 Å². The standard InChI is InChI=1S/C20H30.C2H6/c1-16-10-9-14-20(4,5)18(16)13-15-19(2,3)17-11-7-6-8-12-17;1-2/h6-8,11-12H,9-10,13-15H2,1-5H3;1-2H3. The van der Waals surface area contributed by atoms with Gasteiger partial charge in [0.05, 0.1) is 0 Å². The van der Waals surface area contributed by atoms with Crippen LogP contribution < -0.4 is 0 Å². The fourth-order valence-corrected chi connectivity index (χ4v) is 3.70. The topological polar surface area (TPSA) is 0 Å². The Hall–Kier alpha value is -1.04. The summed E-state index contributed by atoms with van der Waals surface area (Å²) in [5.41, 5.74) is 5.53. The van der Waals surface area contributed by atoms with E-state index in [1.54, 1.807) is 11.1 Å². The Morgan fingerprint density at radius 2 is 1.64 bits per heavy atom. The molecule has 0 amide bonds. The van der Waals surface area contributed by atoms with Crippen molar-refractivity contribution in [3.63, 3.8) is 0 Å². The molecule has 0 atom stereocenters. The Morgan fingerprint density at radius 1 is 1.05 bits per heavy atom. The van der Waals surface area contributed by atoms with Crippen LogP contribution in [0, 0.1) is 5.41 Å². The minimum absolute atomic E-state index is 0.266. The molecule has 124 valence electrons. The number of hydrogen-bond acceptors (Lipinski definition) is 0. The smallest absolute Gasteiger partial charge is 0.0101 e. The van der Waals surface area contributed by atoms with Gasteiger partial charge in [-0.05, 0) is 55.4 Å². The third-order valence-electron chi connectivity index (χ3n) is 5.24.